The van der Waals surface area contributed by atoms with Crippen LogP contribution in [0.1, 0.15) is 32.3 Å². The van der Waals surface area contributed by atoms with Crippen LogP contribution in [0.3, 0.4) is 0 Å². The maximum absolute atomic E-state index is 11.8. The Bertz CT molecular complexity index is 432. The topological polar surface area (TPSA) is 79.3 Å². The van der Waals surface area contributed by atoms with Gasteiger partial charge in [-0.05, 0) is 36.0 Å². The molecule has 0 saturated heterocycles. The van der Waals surface area contributed by atoms with Crippen LogP contribution in [0.2, 0.25) is 0 Å². The van der Waals surface area contributed by atoms with E-state index in [1.807, 2.05) is 13.8 Å². The van der Waals surface area contributed by atoms with Gasteiger partial charge in [0.05, 0.1) is 6.42 Å². The average Bonchev–Trinajstić information content (AvgIpc) is 2.36. The van der Waals surface area contributed by atoms with Crippen molar-refractivity contribution in [2.45, 2.75) is 33.1 Å². The third kappa shape index (κ3) is 6.87. The van der Waals surface area contributed by atoms with Gasteiger partial charge in [-0.1, -0.05) is 13.8 Å². The average molecular weight is 278 g/mol. The molecule has 1 heterocycles. The van der Waals surface area contributed by atoms with Crippen molar-refractivity contribution >= 4 is 11.9 Å². The fourth-order valence-corrected chi connectivity index (χ4v) is 2.16. The van der Waals surface area contributed by atoms with Gasteiger partial charge in [-0.15, -0.1) is 0 Å². The van der Waals surface area contributed by atoms with Crippen molar-refractivity contribution < 1.29 is 14.7 Å². The molecule has 0 aliphatic rings. The number of amides is 1. The number of nitrogens with one attached hydrogen (secondary N) is 1. The van der Waals surface area contributed by atoms with E-state index in [1.165, 1.54) is 0 Å². The Balaban J connectivity index is 2.41. The molecular weight excluding hydrogens is 256 g/mol. The van der Waals surface area contributed by atoms with Crippen molar-refractivity contribution in [1.29, 1.82) is 0 Å². The smallest absolute Gasteiger partial charge is 0.303 e. The normalized spacial score (nSPS) is 12.2. The highest BCUT2D eigenvalue weighted by Gasteiger charge is 2.16. The van der Waals surface area contributed by atoms with E-state index < -0.39 is 5.97 Å². The Labute approximate surface area is 119 Å². The van der Waals surface area contributed by atoms with Gasteiger partial charge in [0.25, 0.3) is 0 Å². The van der Waals surface area contributed by atoms with Gasteiger partial charge in [-0.25, -0.2) is 0 Å². The lowest BCUT2D eigenvalue weighted by Crippen LogP contribution is -2.32. The number of carboxylic acid groups (broad SMARTS) is 1. The Kier molecular flexibility index (Phi) is 6.70. The van der Waals surface area contributed by atoms with Gasteiger partial charge in [0.15, 0.2) is 0 Å². The molecular formula is C15H22N2O3. The van der Waals surface area contributed by atoms with Crippen LogP contribution < -0.4 is 5.32 Å². The van der Waals surface area contributed by atoms with Crippen LogP contribution in [0.4, 0.5) is 0 Å². The number of hydrogen-bond donors (Lipinski definition) is 2. The predicted octanol–water partition coefficient (Wildman–Crippen LogP) is 1.88. The first-order valence-electron chi connectivity index (χ1n) is 6.84. The summed E-state index contributed by atoms with van der Waals surface area (Å²) < 4.78 is 0. The molecule has 0 aliphatic carbocycles. The first-order chi connectivity index (χ1) is 9.47. The minimum atomic E-state index is -0.820. The zero-order chi connectivity index (χ0) is 15.0. The molecule has 1 atom stereocenters. The Hall–Kier alpha value is -1.91. The van der Waals surface area contributed by atoms with Crippen molar-refractivity contribution in [3.63, 3.8) is 0 Å². The minimum absolute atomic E-state index is 0.0195. The SMILES string of the molecule is CC(C)CC(CNC(=O)Cc1ccncc1)CC(=O)O. The second kappa shape index (κ2) is 8.30. The molecule has 0 radical (unpaired) electrons. The van der Waals surface area contributed by atoms with Gasteiger partial charge in [0.1, 0.15) is 0 Å². The summed E-state index contributed by atoms with van der Waals surface area (Å²) in [6, 6.07) is 3.59. The number of rotatable bonds is 8. The lowest BCUT2D eigenvalue weighted by molar-refractivity contribution is -0.138. The molecule has 1 rings (SSSR count). The highest BCUT2D eigenvalue weighted by Crippen LogP contribution is 2.14. The molecule has 20 heavy (non-hydrogen) atoms. The summed E-state index contributed by atoms with van der Waals surface area (Å²) in [6.07, 6.45) is 4.47. The molecule has 0 saturated carbocycles. The number of carboxylic acids is 1. The zero-order valence-electron chi connectivity index (χ0n) is 12.0. The van der Waals surface area contributed by atoms with Crippen LogP contribution >= 0.6 is 0 Å². The summed E-state index contributed by atoms with van der Waals surface area (Å²) in [6.45, 7) is 4.51. The highest BCUT2D eigenvalue weighted by molar-refractivity contribution is 5.78. The Morgan fingerprint density at radius 2 is 1.95 bits per heavy atom. The maximum Gasteiger partial charge on any atom is 0.303 e. The summed E-state index contributed by atoms with van der Waals surface area (Å²) in [5.74, 6) is -0.514. The fourth-order valence-electron chi connectivity index (χ4n) is 2.16. The second-order valence-corrected chi connectivity index (χ2v) is 5.43. The Morgan fingerprint density at radius 1 is 1.30 bits per heavy atom. The second-order valence-electron chi connectivity index (χ2n) is 5.43. The van der Waals surface area contributed by atoms with Gasteiger partial charge >= 0.3 is 5.97 Å². The monoisotopic (exact) mass is 278 g/mol. The third-order valence-electron chi connectivity index (χ3n) is 2.97. The van der Waals surface area contributed by atoms with Crippen LogP contribution in [-0.4, -0.2) is 28.5 Å². The number of pyridine rings is 1. The molecule has 1 amide bonds. The summed E-state index contributed by atoms with van der Waals surface area (Å²) >= 11 is 0. The van der Waals surface area contributed by atoms with E-state index in [2.05, 4.69) is 10.3 Å². The largest absolute Gasteiger partial charge is 0.481 e. The van der Waals surface area contributed by atoms with E-state index in [1.54, 1.807) is 24.5 Å². The first kappa shape index (κ1) is 16.1. The summed E-state index contributed by atoms with van der Waals surface area (Å²) in [5, 5.41) is 11.7. The lowest BCUT2D eigenvalue weighted by Gasteiger charge is -2.17. The van der Waals surface area contributed by atoms with Crippen molar-refractivity contribution in [3.8, 4) is 0 Å². The molecule has 0 aliphatic heterocycles. The number of aromatic nitrogens is 1. The maximum atomic E-state index is 11.8. The molecule has 110 valence electrons. The summed E-state index contributed by atoms with van der Waals surface area (Å²) in [7, 11) is 0. The molecule has 0 aromatic carbocycles. The van der Waals surface area contributed by atoms with Gasteiger partial charge in [0, 0.05) is 25.4 Å². The molecule has 1 aromatic rings. The summed E-state index contributed by atoms with van der Waals surface area (Å²) in [5.41, 5.74) is 0.899. The zero-order valence-corrected chi connectivity index (χ0v) is 12.0. The van der Waals surface area contributed by atoms with E-state index >= 15 is 0 Å². The number of carbonyl (C=O) groups excluding carboxylic acids is 1. The fraction of sp³-hybridized carbons (Fsp3) is 0.533. The van der Waals surface area contributed by atoms with E-state index in [-0.39, 0.29) is 18.2 Å². The van der Waals surface area contributed by atoms with E-state index in [0.717, 1.165) is 12.0 Å². The standard InChI is InChI=1S/C15H22N2O3/c1-11(2)7-13(9-15(19)20)10-17-14(18)8-12-3-5-16-6-4-12/h3-6,11,13H,7-10H2,1-2H3,(H,17,18)(H,19,20). The molecule has 1 aromatic heterocycles. The van der Waals surface area contributed by atoms with Gasteiger partial charge in [-0.3, -0.25) is 14.6 Å². The van der Waals surface area contributed by atoms with E-state index in [4.69, 9.17) is 5.11 Å². The van der Waals surface area contributed by atoms with Crippen LogP contribution in [0.15, 0.2) is 24.5 Å². The molecule has 1 unspecified atom stereocenters. The van der Waals surface area contributed by atoms with E-state index in [0.29, 0.717) is 18.9 Å². The molecule has 5 heteroatoms. The number of hydrogen-bond acceptors (Lipinski definition) is 3. The molecule has 5 nitrogen and oxygen atoms in total. The Morgan fingerprint density at radius 3 is 2.50 bits per heavy atom. The van der Waals surface area contributed by atoms with Gasteiger partial charge in [0.2, 0.25) is 5.91 Å². The third-order valence-corrected chi connectivity index (χ3v) is 2.97. The number of aliphatic carboxylic acids is 1. The first-order valence-corrected chi connectivity index (χ1v) is 6.84. The summed E-state index contributed by atoms with van der Waals surface area (Å²) in [4.78, 5) is 26.5. The van der Waals surface area contributed by atoms with Crippen LogP contribution in [-0.2, 0) is 16.0 Å². The number of nitrogens with zero attached hydrogens (tertiary/aromatic N) is 1. The lowest BCUT2D eigenvalue weighted by atomic mass is 9.94. The predicted molar refractivity (Wildman–Crippen MR) is 76.1 cm³/mol. The van der Waals surface area contributed by atoms with Gasteiger partial charge < -0.3 is 10.4 Å². The van der Waals surface area contributed by atoms with Crippen LogP contribution in [0.25, 0.3) is 0 Å². The van der Waals surface area contributed by atoms with E-state index in [9.17, 15) is 9.59 Å². The number of carbonyl (C=O) groups is 2. The quantitative estimate of drug-likeness (QED) is 0.761. The van der Waals surface area contributed by atoms with Gasteiger partial charge in [-0.2, -0.15) is 0 Å². The van der Waals surface area contributed by atoms with Crippen molar-refractivity contribution in [3.05, 3.63) is 30.1 Å². The van der Waals surface area contributed by atoms with Crippen molar-refractivity contribution in [1.82, 2.24) is 10.3 Å². The minimum Gasteiger partial charge on any atom is -0.481 e. The molecule has 0 fully saturated rings. The molecule has 0 bridgehead atoms. The highest BCUT2D eigenvalue weighted by atomic mass is 16.4. The molecule has 0 spiro atoms. The molecule has 2 N–H and O–H groups in total. The van der Waals surface area contributed by atoms with Crippen LogP contribution in [0, 0.1) is 11.8 Å². The van der Waals surface area contributed by atoms with Crippen LogP contribution in [0.5, 0.6) is 0 Å². The van der Waals surface area contributed by atoms with Crippen molar-refractivity contribution in [2.24, 2.45) is 11.8 Å². The van der Waals surface area contributed by atoms with Crippen molar-refractivity contribution in [2.75, 3.05) is 6.54 Å².